The van der Waals surface area contributed by atoms with E-state index in [1.165, 1.54) is 16.9 Å². The molecule has 5 nitrogen and oxygen atoms in total. The van der Waals surface area contributed by atoms with E-state index in [2.05, 4.69) is 27.6 Å². The van der Waals surface area contributed by atoms with Gasteiger partial charge in [-0.3, -0.25) is 10.1 Å². The lowest BCUT2D eigenvalue weighted by Crippen LogP contribution is -2.10. The monoisotopic (exact) mass is 349 g/mol. The Labute approximate surface area is 148 Å². The summed E-state index contributed by atoms with van der Waals surface area (Å²) in [5.41, 5.74) is 4.71. The van der Waals surface area contributed by atoms with Gasteiger partial charge in [-0.2, -0.15) is 0 Å². The smallest absolute Gasteiger partial charge is 0.296 e. The molecular weight excluding hydrogens is 334 g/mol. The summed E-state index contributed by atoms with van der Waals surface area (Å²) in [4.78, 5) is 16.9. The molecule has 1 amide bonds. The summed E-state index contributed by atoms with van der Waals surface area (Å²) in [7, 11) is 0. The fourth-order valence-electron chi connectivity index (χ4n) is 2.71. The minimum atomic E-state index is -0.358. The minimum Gasteiger partial charge on any atom is -0.350 e. The molecule has 4 aromatic rings. The van der Waals surface area contributed by atoms with Crippen LogP contribution in [0.4, 0.5) is 5.13 Å². The molecule has 0 aliphatic heterocycles. The third kappa shape index (κ3) is 3.04. The molecular formula is C19H15N3O2S. The first-order valence-electron chi connectivity index (χ1n) is 7.81. The largest absolute Gasteiger partial charge is 0.350 e. The van der Waals surface area contributed by atoms with Gasteiger partial charge in [-0.1, -0.05) is 52.9 Å². The van der Waals surface area contributed by atoms with Crippen molar-refractivity contribution < 1.29 is 9.32 Å². The van der Waals surface area contributed by atoms with E-state index in [0.29, 0.717) is 10.8 Å². The number of fused-ring (bicyclic) bond motifs is 1. The summed E-state index contributed by atoms with van der Waals surface area (Å²) in [6.45, 7) is 4.06. The van der Waals surface area contributed by atoms with Crippen LogP contribution in [-0.2, 0) is 0 Å². The zero-order chi connectivity index (χ0) is 17.4. The van der Waals surface area contributed by atoms with Crippen LogP contribution >= 0.6 is 11.3 Å². The van der Waals surface area contributed by atoms with Crippen LogP contribution in [0.5, 0.6) is 0 Å². The van der Waals surface area contributed by atoms with E-state index in [1.54, 1.807) is 6.07 Å². The molecule has 0 saturated carbocycles. The van der Waals surface area contributed by atoms with Crippen LogP contribution in [0.3, 0.4) is 0 Å². The molecule has 1 N–H and O–H groups in total. The number of nitrogens with zero attached hydrogens (tertiary/aromatic N) is 2. The molecule has 0 atom stereocenters. The Kier molecular flexibility index (Phi) is 3.82. The molecule has 6 heteroatoms. The number of thiazole rings is 1. The molecule has 0 aliphatic carbocycles. The molecule has 25 heavy (non-hydrogen) atoms. The molecule has 2 aromatic carbocycles. The second-order valence-corrected chi connectivity index (χ2v) is 6.87. The zero-order valence-electron chi connectivity index (χ0n) is 13.7. The molecule has 0 aliphatic rings. The molecule has 0 bridgehead atoms. The Morgan fingerprint density at radius 2 is 1.92 bits per heavy atom. The van der Waals surface area contributed by atoms with Gasteiger partial charge in [0.2, 0.25) is 5.76 Å². The van der Waals surface area contributed by atoms with Crippen molar-refractivity contribution in [2.75, 3.05) is 5.32 Å². The van der Waals surface area contributed by atoms with E-state index < -0.39 is 0 Å². The fourth-order valence-corrected chi connectivity index (χ4v) is 3.75. The maximum absolute atomic E-state index is 12.4. The second kappa shape index (κ2) is 6.14. The first-order valence-corrected chi connectivity index (χ1v) is 8.63. The quantitative estimate of drug-likeness (QED) is 0.576. The van der Waals surface area contributed by atoms with Gasteiger partial charge in [0.05, 0.1) is 10.2 Å². The Bertz CT molecular complexity index is 1070. The van der Waals surface area contributed by atoms with Crippen LogP contribution in [0.15, 0.2) is 53.1 Å². The topological polar surface area (TPSA) is 68.0 Å². The van der Waals surface area contributed by atoms with E-state index in [1.807, 2.05) is 44.2 Å². The molecule has 0 saturated heterocycles. The third-order valence-electron chi connectivity index (χ3n) is 3.85. The Balaban J connectivity index is 1.58. The van der Waals surface area contributed by atoms with Crippen LogP contribution in [0.2, 0.25) is 0 Å². The fraction of sp³-hybridized carbons (Fsp3) is 0.105. The van der Waals surface area contributed by atoms with Gasteiger partial charge in [-0.15, -0.1) is 0 Å². The van der Waals surface area contributed by atoms with Gasteiger partial charge in [0.15, 0.2) is 5.13 Å². The Morgan fingerprint density at radius 1 is 1.12 bits per heavy atom. The van der Waals surface area contributed by atoms with Crippen molar-refractivity contribution in [3.63, 3.8) is 0 Å². The van der Waals surface area contributed by atoms with Gasteiger partial charge in [0.25, 0.3) is 5.91 Å². The van der Waals surface area contributed by atoms with Gasteiger partial charge in [-0.05, 0) is 31.0 Å². The SMILES string of the molecule is Cc1cc(C)c2nc(NC(=O)c3cc(-c4ccccc4)no3)sc2c1. The van der Waals surface area contributed by atoms with Gasteiger partial charge >= 0.3 is 0 Å². The number of carbonyl (C=O) groups excluding carboxylic acids is 1. The minimum absolute atomic E-state index is 0.158. The van der Waals surface area contributed by atoms with Crippen molar-refractivity contribution in [2.45, 2.75) is 13.8 Å². The van der Waals surface area contributed by atoms with Crippen LogP contribution in [0, 0.1) is 13.8 Å². The average Bonchev–Trinajstić information content (AvgIpc) is 3.22. The maximum atomic E-state index is 12.4. The zero-order valence-corrected chi connectivity index (χ0v) is 14.6. The van der Waals surface area contributed by atoms with Gasteiger partial charge in [-0.25, -0.2) is 4.98 Å². The van der Waals surface area contributed by atoms with Crippen molar-refractivity contribution >= 4 is 32.6 Å². The number of benzene rings is 2. The molecule has 0 fully saturated rings. The van der Waals surface area contributed by atoms with Crippen molar-refractivity contribution in [1.29, 1.82) is 0 Å². The lowest BCUT2D eigenvalue weighted by molar-refractivity contribution is 0.0988. The molecule has 2 aromatic heterocycles. The lowest BCUT2D eigenvalue weighted by atomic mass is 10.1. The molecule has 0 radical (unpaired) electrons. The Hall–Kier alpha value is -2.99. The van der Waals surface area contributed by atoms with E-state index in [4.69, 9.17) is 4.52 Å². The van der Waals surface area contributed by atoms with Crippen LogP contribution in [0.1, 0.15) is 21.7 Å². The van der Waals surface area contributed by atoms with Crippen LogP contribution < -0.4 is 5.32 Å². The highest BCUT2D eigenvalue weighted by molar-refractivity contribution is 7.22. The summed E-state index contributed by atoms with van der Waals surface area (Å²) in [5.74, 6) is -0.200. The number of hydrogen-bond donors (Lipinski definition) is 1. The number of amides is 1. The number of carbonyl (C=O) groups is 1. The highest BCUT2D eigenvalue weighted by Crippen LogP contribution is 2.29. The maximum Gasteiger partial charge on any atom is 0.296 e. The van der Waals surface area contributed by atoms with E-state index in [9.17, 15) is 4.79 Å². The van der Waals surface area contributed by atoms with E-state index in [-0.39, 0.29) is 11.7 Å². The summed E-state index contributed by atoms with van der Waals surface area (Å²) < 4.78 is 6.24. The number of anilines is 1. The van der Waals surface area contributed by atoms with E-state index in [0.717, 1.165) is 21.3 Å². The molecule has 0 spiro atoms. The van der Waals surface area contributed by atoms with Crippen molar-refractivity contribution in [3.8, 4) is 11.3 Å². The van der Waals surface area contributed by atoms with Crippen LogP contribution in [0.25, 0.3) is 21.5 Å². The lowest BCUT2D eigenvalue weighted by Gasteiger charge is -1.96. The Morgan fingerprint density at radius 3 is 2.72 bits per heavy atom. The molecule has 2 heterocycles. The average molecular weight is 349 g/mol. The number of rotatable bonds is 3. The summed E-state index contributed by atoms with van der Waals surface area (Å²) in [6.07, 6.45) is 0. The van der Waals surface area contributed by atoms with Crippen molar-refractivity contribution in [1.82, 2.24) is 10.1 Å². The summed E-state index contributed by atoms with van der Waals surface area (Å²) in [6, 6.07) is 15.4. The number of nitrogens with one attached hydrogen (secondary N) is 1. The number of aryl methyl sites for hydroxylation is 2. The predicted octanol–water partition coefficient (Wildman–Crippen LogP) is 4.82. The molecule has 0 unspecified atom stereocenters. The van der Waals surface area contributed by atoms with Crippen molar-refractivity contribution in [3.05, 3.63) is 65.4 Å². The number of aromatic nitrogens is 2. The third-order valence-corrected chi connectivity index (χ3v) is 4.77. The van der Waals surface area contributed by atoms with Gasteiger partial charge in [0, 0.05) is 11.6 Å². The van der Waals surface area contributed by atoms with Crippen LogP contribution in [-0.4, -0.2) is 16.0 Å². The van der Waals surface area contributed by atoms with Gasteiger partial charge < -0.3 is 4.52 Å². The second-order valence-electron chi connectivity index (χ2n) is 5.84. The van der Waals surface area contributed by atoms with Gasteiger partial charge in [0.1, 0.15) is 5.69 Å². The summed E-state index contributed by atoms with van der Waals surface area (Å²) in [5, 5.41) is 7.31. The predicted molar refractivity (Wildman–Crippen MR) is 99.0 cm³/mol. The summed E-state index contributed by atoms with van der Waals surface area (Å²) >= 11 is 1.45. The highest BCUT2D eigenvalue weighted by atomic mass is 32.1. The van der Waals surface area contributed by atoms with E-state index >= 15 is 0 Å². The normalized spacial score (nSPS) is 11.0. The molecule has 4 rings (SSSR count). The van der Waals surface area contributed by atoms with Crippen molar-refractivity contribution in [2.24, 2.45) is 0 Å². The first-order chi connectivity index (χ1) is 12.1. The molecule has 124 valence electrons. The first kappa shape index (κ1) is 15.5. The highest BCUT2D eigenvalue weighted by Gasteiger charge is 2.16. The standard InChI is InChI=1S/C19H15N3O2S/c1-11-8-12(2)17-16(9-11)25-19(20-17)21-18(23)15-10-14(22-24-15)13-6-4-3-5-7-13/h3-10H,1-2H3,(H,20,21,23). The number of hydrogen-bond acceptors (Lipinski definition) is 5.